The molecule has 1 N–H and O–H groups in total. The molecule has 0 aromatic heterocycles. The van der Waals surface area contributed by atoms with Crippen LogP contribution >= 0.6 is 0 Å². The molecule has 0 amide bonds. The molecule has 0 saturated heterocycles. The maximum absolute atomic E-state index is 13.9. The van der Waals surface area contributed by atoms with Crippen molar-refractivity contribution < 1.29 is 13.2 Å². The quantitative estimate of drug-likeness (QED) is 0.919. The van der Waals surface area contributed by atoms with Crippen molar-refractivity contribution in [2.45, 2.75) is 5.92 Å². The third-order valence-corrected chi connectivity index (χ3v) is 2.80. The van der Waals surface area contributed by atoms with Gasteiger partial charge in [0.15, 0.2) is 0 Å². The molecule has 0 saturated carbocycles. The Morgan fingerprint density at radius 2 is 1.80 bits per heavy atom. The van der Waals surface area contributed by atoms with Crippen LogP contribution in [0.1, 0.15) is 11.1 Å². The van der Waals surface area contributed by atoms with E-state index < -0.39 is 18.3 Å². The van der Waals surface area contributed by atoms with Crippen molar-refractivity contribution in [2.75, 3.05) is 11.9 Å². The maximum atomic E-state index is 13.9. The molecule has 0 unspecified atom stereocenters. The van der Waals surface area contributed by atoms with E-state index in [-0.39, 0.29) is 16.8 Å². The van der Waals surface area contributed by atoms with Crippen LogP contribution in [0.25, 0.3) is 0 Å². The zero-order valence-electron chi connectivity index (χ0n) is 10.4. The average Bonchev–Trinajstić information content (AvgIpc) is 2.46. The predicted octanol–water partition coefficient (Wildman–Crippen LogP) is 3.90. The number of hydrogen-bond acceptors (Lipinski definition) is 2. The van der Waals surface area contributed by atoms with Gasteiger partial charge in [0.05, 0.1) is 17.8 Å². The third kappa shape index (κ3) is 3.09. The van der Waals surface area contributed by atoms with Crippen LogP contribution in [0, 0.1) is 17.1 Å². The Morgan fingerprint density at radius 1 is 1.10 bits per heavy atom. The number of alkyl halides is 2. The molecular formula is C15H11F3N2. The zero-order chi connectivity index (χ0) is 14.6. The van der Waals surface area contributed by atoms with Gasteiger partial charge in [0.1, 0.15) is 11.9 Å². The first-order valence-corrected chi connectivity index (χ1v) is 5.90. The number of halogens is 3. The lowest BCUT2D eigenvalue weighted by Gasteiger charge is -2.18. The minimum Gasteiger partial charge on any atom is -0.378 e. The summed E-state index contributed by atoms with van der Waals surface area (Å²) in [5, 5.41) is 11.3. The molecule has 102 valence electrons. The van der Waals surface area contributed by atoms with Gasteiger partial charge < -0.3 is 5.32 Å². The summed E-state index contributed by atoms with van der Waals surface area (Å²) in [6.45, 7) is -0.669. The predicted molar refractivity (Wildman–Crippen MR) is 69.9 cm³/mol. The number of benzene rings is 2. The molecule has 0 aliphatic carbocycles. The lowest BCUT2D eigenvalue weighted by atomic mass is 10.1. The highest BCUT2D eigenvalue weighted by Gasteiger charge is 2.31. The highest BCUT2D eigenvalue weighted by molar-refractivity contribution is 5.57. The van der Waals surface area contributed by atoms with Crippen LogP contribution in [0.2, 0.25) is 0 Å². The summed E-state index contributed by atoms with van der Waals surface area (Å²) in [6.07, 6.45) is 0. The van der Waals surface area contributed by atoms with E-state index in [4.69, 9.17) is 5.26 Å². The van der Waals surface area contributed by atoms with Crippen LogP contribution in [0.3, 0.4) is 0 Å². The van der Waals surface area contributed by atoms with Crippen molar-refractivity contribution in [1.82, 2.24) is 0 Å². The van der Waals surface area contributed by atoms with E-state index in [2.05, 4.69) is 5.32 Å². The van der Waals surface area contributed by atoms with Crippen molar-refractivity contribution in [3.63, 3.8) is 0 Å². The highest BCUT2D eigenvalue weighted by Crippen LogP contribution is 2.28. The first kappa shape index (κ1) is 13.9. The van der Waals surface area contributed by atoms with E-state index in [0.29, 0.717) is 0 Å². The fourth-order valence-corrected chi connectivity index (χ4v) is 1.75. The Hall–Kier alpha value is -2.48. The SMILES string of the molecule is N#Cc1cc(F)ccc1NCC(F)(F)c1ccccc1. The topological polar surface area (TPSA) is 35.8 Å². The van der Waals surface area contributed by atoms with Gasteiger partial charge in [-0.1, -0.05) is 30.3 Å². The molecule has 0 spiro atoms. The normalized spacial score (nSPS) is 10.9. The Bertz CT molecular complexity index is 633. The van der Waals surface area contributed by atoms with Gasteiger partial charge in [-0.3, -0.25) is 0 Å². The minimum atomic E-state index is -3.08. The summed E-state index contributed by atoms with van der Waals surface area (Å²) in [5.41, 5.74) is 0.0616. The summed E-state index contributed by atoms with van der Waals surface area (Å²) in [5.74, 6) is -3.66. The molecule has 2 nitrogen and oxygen atoms in total. The number of nitrogens with zero attached hydrogens (tertiary/aromatic N) is 1. The molecule has 0 fully saturated rings. The highest BCUT2D eigenvalue weighted by atomic mass is 19.3. The van der Waals surface area contributed by atoms with Crippen molar-refractivity contribution in [3.05, 3.63) is 65.5 Å². The van der Waals surface area contributed by atoms with Crippen molar-refractivity contribution in [1.29, 1.82) is 5.26 Å². The number of anilines is 1. The van der Waals surface area contributed by atoms with Crippen LogP contribution in [-0.4, -0.2) is 6.54 Å². The molecule has 0 bridgehead atoms. The van der Waals surface area contributed by atoms with E-state index >= 15 is 0 Å². The minimum absolute atomic E-state index is 0.00568. The van der Waals surface area contributed by atoms with Crippen LogP contribution in [-0.2, 0) is 5.92 Å². The maximum Gasteiger partial charge on any atom is 0.290 e. The summed E-state index contributed by atoms with van der Waals surface area (Å²) in [6, 6.07) is 12.5. The van der Waals surface area contributed by atoms with Gasteiger partial charge in [-0.25, -0.2) is 4.39 Å². The summed E-state index contributed by atoms with van der Waals surface area (Å²) in [4.78, 5) is 0. The summed E-state index contributed by atoms with van der Waals surface area (Å²) >= 11 is 0. The van der Waals surface area contributed by atoms with Crippen molar-refractivity contribution in [2.24, 2.45) is 0 Å². The van der Waals surface area contributed by atoms with E-state index in [1.54, 1.807) is 12.1 Å². The Morgan fingerprint density at radius 3 is 2.45 bits per heavy atom. The second kappa shape index (κ2) is 5.66. The molecule has 0 radical (unpaired) electrons. The third-order valence-electron chi connectivity index (χ3n) is 2.80. The molecule has 0 aliphatic rings. The zero-order valence-corrected chi connectivity index (χ0v) is 10.4. The lowest BCUT2D eigenvalue weighted by Crippen LogP contribution is -2.25. The smallest absolute Gasteiger partial charge is 0.290 e. The Balaban J connectivity index is 2.15. The second-order valence-corrected chi connectivity index (χ2v) is 4.23. The van der Waals surface area contributed by atoms with Gasteiger partial charge in [0.2, 0.25) is 0 Å². The van der Waals surface area contributed by atoms with Gasteiger partial charge in [0, 0.05) is 5.56 Å². The number of rotatable bonds is 4. The fourth-order valence-electron chi connectivity index (χ4n) is 1.75. The molecular weight excluding hydrogens is 265 g/mol. The largest absolute Gasteiger partial charge is 0.378 e. The van der Waals surface area contributed by atoms with E-state index in [9.17, 15) is 13.2 Å². The van der Waals surface area contributed by atoms with Crippen molar-refractivity contribution >= 4 is 5.69 Å². The molecule has 0 heterocycles. The van der Waals surface area contributed by atoms with Crippen LogP contribution in [0.5, 0.6) is 0 Å². The van der Waals surface area contributed by atoms with Gasteiger partial charge in [-0.2, -0.15) is 14.0 Å². The van der Waals surface area contributed by atoms with Crippen LogP contribution in [0.4, 0.5) is 18.9 Å². The fraction of sp³-hybridized carbons (Fsp3) is 0.133. The van der Waals surface area contributed by atoms with E-state index in [1.165, 1.54) is 30.3 Å². The molecule has 20 heavy (non-hydrogen) atoms. The standard InChI is InChI=1S/C15H11F3N2/c16-13-6-7-14(11(8-13)9-19)20-10-15(17,18)12-4-2-1-3-5-12/h1-8,20H,10H2. The summed E-state index contributed by atoms with van der Waals surface area (Å²) < 4.78 is 40.8. The molecule has 0 aliphatic heterocycles. The monoisotopic (exact) mass is 276 g/mol. The van der Waals surface area contributed by atoms with Gasteiger partial charge in [-0.15, -0.1) is 0 Å². The molecule has 2 aromatic carbocycles. The number of nitriles is 1. The molecule has 0 atom stereocenters. The average molecular weight is 276 g/mol. The Kier molecular flexibility index (Phi) is 3.94. The summed E-state index contributed by atoms with van der Waals surface area (Å²) in [7, 11) is 0. The first-order chi connectivity index (χ1) is 9.53. The lowest BCUT2D eigenvalue weighted by molar-refractivity contribution is 0.0106. The first-order valence-electron chi connectivity index (χ1n) is 5.90. The molecule has 5 heteroatoms. The van der Waals surface area contributed by atoms with Crippen molar-refractivity contribution in [3.8, 4) is 6.07 Å². The number of nitrogens with one attached hydrogen (secondary N) is 1. The van der Waals surface area contributed by atoms with Gasteiger partial charge in [0.25, 0.3) is 5.92 Å². The molecule has 2 aromatic rings. The van der Waals surface area contributed by atoms with E-state index in [0.717, 1.165) is 12.1 Å². The number of hydrogen-bond donors (Lipinski definition) is 1. The van der Waals surface area contributed by atoms with E-state index in [1.807, 2.05) is 0 Å². The van der Waals surface area contributed by atoms with Crippen LogP contribution < -0.4 is 5.32 Å². The van der Waals surface area contributed by atoms with Gasteiger partial charge >= 0.3 is 0 Å². The molecule has 2 rings (SSSR count). The van der Waals surface area contributed by atoms with Gasteiger partial charge in [-0.05, 0) is 18.2 Å². The van der Waals surface area contributed by atoms with Crippen LogP contribution in [0.15, 0.2) is 48.5 Å². The second-order valence-electron chi connectivity index (χ2n) is 4.23. The Labute approximate surface area is 114 Å².